The molecule has 0 amide bonds. The van der Waals surface area contributed by atoms with Crippen molar-refractivity contribution in [3.05, 3.63) is 54.1 Å². The molecule has 2 N–H and O–H groups in total. The normalized spacial score (nSPS) is 13.3. The second kappa shape index (κ2) is 5.79. The molecule has 0 aliphatic heterocycles. The van der Waals surface area contributed by atoms with Crippen LogP contribution in [0.1, 0.15) is 18.5 Å². The van der Waals surface area contributed by atoms with Gasteiger partial charge in [-0.3, -0.25) is 4.98 Å². The number of halogens is 1. The zero-order valence-electron chi connectivity index (χ0n) is 11.7. The van der Waals surface area contributed by atoms with Gasteiger partial charge in [-0.2, -0.15) is 4.31 Å². The Morgan fingerprint density at radius 1 is 1.24 bits per heavy atom. The van der Waals surface area contributed by atoms with Crippen molar-refractivity contribution in [3.8, 4) is 0 Å². The van der Waals surface area contributed by atoms with Crippen LogP contribution >= 0.6 is 0 Å². The summed E-state index contributed by atoms with van der Waals surface area (Å²) in [5.74, 6) is -0.646. The van der Waals surface area contributed by atoms with Gasteiger partial charge in [0.15, 0.2) is 0 Å². The maximum atomic E-state index is 13.3. The molecule has 1 heterocycles. The fraction of sp³-hybridized carbons (Fsp3) is 0.214. The van der Waals surface area contributed by atoms with Crippen LogP contribution in [-0.2, 0) is 10.0 Å². The third-order valence-electron chi connectivity index (χ3n) is 3.37. The predicted molar refractivity (Wildman–Crippen MR) is 78.4 cm³/mol. The van der Waals surface area contributed by atoms with Crippen LogP contribution in [0.5, 0.6) is 0 Å². The summed E-state index contributed by atoms with van der Waals surface area (Å²) < 4.78 is 39.6. The molecule has 0 radical (unpaired) electrons. The molecule has 2 aromatic rings. The molecule has 1 unspecified atom stereocenters. The molecule has 112 valence electrons. The van der Waals surface area contributed by atoms with Crippen LogP contribution in [0.25, 0.3) is 0 Å². The summed E-state index contributed by atoms with van der Waals surface area (Å²) in [7, 11) is -2.46. The highest BCUT2D eigenvalue weighted by Crippen LogP contribution is 2.28. The van der Waals surface area contributed by atoms with Crippen molar-refractivity contribution in [2.24, 2.45) is 0 Å². The summed E-state index contributed by atoms with van der Waals surface area (Å²) in [6.07, 6.45) is 3.17. The number of rotatable bonds is 4. The summed E-state index contributed by atoms with van der Waals surface area (Å²) >= 11 is 0. The molecule has 1 atom stereocenters. The zero-order chi connectivity index (χ0) is 15.6. The first-order valence-electron chi connectivity index (χ1n) is 6.27. The maximum Gasteiger partial charge on any atom is 0.245 e. The number of hydrogen-bond acceptors (Lipinski definition) is 4. The first kappa shape index (κ1) is 15.4. The number of sulfonamides is 1. The molecule has 1 aromatic heterocycles. The number of pyridine rings is 1. The van der Waals surface area contributed by atoms with Gasteiger partial charge in [0.2, 0.25) is 10.0 Å². The largest absolute Gasteiger partial charge is 0.398 e. The van der Waals surface area contributed by atoms with Gasteiger partial charge in [0, 0.05) is 25.5 Å². The Morgan fingerprint density at radius 3 is 2.48 bits per heavy atom. The van der Waals surface area contributed by atoms with Gasteiger partial charge in [-0.25, -0.2) is 12.8 Å². The number of nitrogen functional groups attached to an aromatic ring is 1. The van der Waals surface area contributed by atoms with E-state index in [0.29, 0.717) is 0 Å². The van der Waals surface area contributed by atoms with Crippen molar-refractivity contribution in [2.45, 2.75) is 17.9 Å². The topological polar surface area (TPSA) is 76.3 Å². The molecule has 7 heteroatoms. The SMILES string of the molecule is CC(c1ccncc1)N(C)S(=O)(=O)c1cc(F)ccc1N. The smallest absolute Gasteiger partial charge is 0.245 e. The second-order valence-corrected chi connectivity index (χ2v) is 6.63. The van der Waals surface area contributed by atoms with Gasteiger partial charge in [0.1, 0.15) is 10.7 Å². The van der Waals surface area contributed by atoms with E-state index in [2.05, 4.69) is 4.98 Å². The highest BCUT2D eigenvalue weighted by Gasteiger charge is 2.28. The molecule has 0 bridgehead atoms. The van der Waals surface area contributed by atoms with Crippen molar-refractivity contribution >= 4 is 15.7 Å². The van der Waals surface area contributed by atoms with Crippen molar-refractivity contribution in [3.63, 3.8) is 0 Å². The van der Waals surface area contributed by atoms with E-state index in [1.165, 1.54) is 13.1 Å². The average Bonchev–Trinajstić information content (AvgIpc) is 2.49. The van der Waals surface area contributed by atoms with Crippen LogP contribution in [0.15, 0.2) is 47.6 Å². The molecule has 0 fully saturated rings. The highest BCUT2D eigenvalue weighted by molar-refractivity contribution is 7.89. The minimum Gasteiger partial charge on any atom is -0.398 e. The highest BCUT2D eigenvalue weighted by atomic mass is 32.2. The molecular formula is C14H16FN3O2S. The van der Waals surface area contributed by atoms with Crippen LogP contribution in [0, 0.1) is 5.82 Å². The number of hydrogen-bond donors (Lipinski definition) is 1. The summed E-state index contributed by atoms with van der Waals surface area (Å²) in [6.45, 7) is 1.74. The summed E-state index contributed by atoms with van der Waals surface area (Å²) in [4.78, 5) is 3.66. The molecule has 0 spiro atoms. The molecule has 0 saturated carbocycles. The van der Waals surface area contributed by atoms with Crippen LogP contribution in [0.3, 0.4) is 0 Å². The Labute approximate surface area is 123 Å². The first-order valence-corrected chi connectivity index (χ1v) is 7.71. The van der Waals surface area contributed by atoms with Gasteiger partial charge in [-0.05, 0) is 42.8 Å². The number of aromatic nitrogens is 1. The molecule has 0 saturated heterocycles. The number of anilines is 1. The van der Waals surface area contributed by atoms with E-state index in [0.717, 1.165) is 22.0 Å². The van der Waals surface area contributed by atoms with Crippen LogP contribution in [0.2, 0.25) is 0 Å². The fourth-order valence-corrected chi connectivity index (χ4v) is 3.42. The molecular weight excluding hydrogens is 293 g/mol. The Hall–Kier alpha value is -1.99. The Bertz CT molecular complexity index is 735. The van der Waals surface area contributed by atoms with E-state index >= 15 is 0 Å². The van der Waals surface area contributed by atoms with E-state index in [9.17, 15) is 12.8 Å². The lowest BCUT2D eigenvalue weighted by molar-refractivity contribution is 0.398. The minimum atomic E-state index is -3.89. The molecule has 2 rings (SSSR count). The fourth-order valence-electron chi connectivity index (χ4n) is 1.95. The summed E-state index contributed by atoms with van der Waals surface area (Å²) in [5, 5.41) is 0. The monoisotopic (exact) mass is 309 g/mol. The van der Waals surface area contributed by atoms with Gasteiger partial charge in [-0.15, -0.1) is 0 Å². The average molecular weight is 309 g/mol. The van der Waals surface area contributed by atoms with E-state index in [1.807, 2.05) is 0 Å². The van der Waals surface area contributed by atoms with Gasteiger partial charge in [0.05, 0.1) is 5.69 Å². The third kappa shape index (κ3) is 3.03. The van der Waals surface area contributed by atoms with E-state index < -0.39 is 21.9 Å². The molecule has 21 heavy (non-hydrogen) atoms. The lowest BCUT2D eigenvalue weighted by atomic mass is 10.1. The predicted octanol–water partition coefficient (Wildman–Crippen LogP) is 2.18. The van der Waals surface area contributed by atoms with Crippen molar-refractivity contribution in [1.29, 1.82) is 0 Å². The minimum absolute atomic E-state index is 0.0187. The van der Waals surface area contributed by atoms with Crippen LogP contribution < -0.4 is 5.73 Å². The van der Waals surface area contributed by atoms with Crippen molar-refractivity contribution < 1.29 is 12.8 Å². The Balaban J connectivity index is 2.41. The second-order valence-electron chi connectivity index (χ2n) is 4.66. The van der Waals surface area contributed by atoms with E-state index in [1.54, 1.807) is 31.5 Å². The van der Waals surface area contributed by atoms with Crippen molar-refractivity contribution in [1.82, 2.24) is 9.29 Å². The van der Waals surface area contributed by atoms with Gasteiger partial charge >= 0.3 is 0 Å². The molecule has 0 aliphatic carbocycles. The maximum absolute atomic E-state index is 13.3. The molecule has 0 aliphatic rings. The summed E-state index contributed by atoms with van der Waals surface area (Å²) in [5.41, 5.74) is 6.47. The van der Waals surface area contributed by atoms with Gasteiger partial charge in [-0.1, -0.05) is 0 Å². The number of nitrogens with two attached hydrogens (primary N) is 1. The van der Waals surface area contributed by atoms with Crippen LogP contribution in [0.4, 0.5) is 10.1 Å². The van der Waals surface area contributed by atoms with Gasteiger partial charge in [0.25, 0.3) is 0 Å². The summed E-state index contributed by atoms with van der Waals surface area (Å²) in [6, 6.07) is 6.33. The molecule has 5 nitrogen and oxygen atoms in total. The zero-order valence-corrected chi connectivity index (χ0v) is 12.5. The molecule has 1 aromatic carbocycles. The van der Waals surface area contributed by atoms with E-state index in [4.69, 9.17) is 5.73 Å². The van der Waals surface area contributed by atoms with E-state index in [-0.39, 0.29) is 10.6 Å². The first-order chi connectivity index (χ1) is 9.84. The lowest BCUT2D eigenvalue weighted by Gasteiger charge is -2.25. The van der Waals surface area contributed by atoms with Crippen LogP contribution in [-0.4, -0.2) is 24.8 Å². The Kier molecular flexibility index (Phi) is 4.24. The quantitative estimate of drug-likeness (QED) is 0.878. The van der Waals surface area contributed by atoms with Gasteiger partial charge < -0.3 is 5.73 Å². The third-order valence-corrected chi connectivity index (χ3v) is 5.35. The lowest BCUT2D eigenvalue weighted by Crippen LogP contribution is -2.30. The number of benzene rings is 1. The Morgan fingerprint density at radius 2 is 1.86 bits per heavy atom. The van der Waals surface area contributed by atoms with Crippen molar-refractivity contribution in [2.75, 3.05) is 12.8 Å². The number of nitrogens with zero attached hydrogens (tertiary/aromatic N) is 2. The standard InChI is InChI=1S/C14H16FN3O2S/c1-10(11-5-7-17-8-6-11)18(2)21(19,20)14-9-12(15)3-4-13(14)16/h3-10H,16H2,1-2H3.